The second-order valence-electron chi connectivity index (χ2n) is 4.09. The molecule has 0 bridgehead atoms. The van der Waals surface area contributed by atoms with Crippen molar-refractivity contribution in [1.82, 2.24) is 0 Å². The molecule has 0 spiro atoms. The highest BCUT2D eigenvalue weighted by molar-refractivity contribution is 4.67. The van der Waals surface area contributed by atoms with E-state index < -0.39 is 0 Å². The topological polar surface area (TPSA) is 20.2 Å². The summed E-state index contributed by atoms with van der Waals surface area (Å²) in [6, 6.07) is 0. The molecule has 0 aliphatic carbocycles. The lowest BCUT2D eigenvalue weighted by Crippen LogP contribution is -2.11. The SMILES string of the molecule is CCCCC(C)(C)CCCO. The highest BCUT2D eigenvalue weighted by atomic mass is 16.2. The summed E-state index contributed by atoms with van der Waals surface area (Å²) in [5, 5.41) is 8.66. The monoisotopic (exact) mass is 158 g/mol. The van der Waals surface area contributed by atoms with Crippen LogP contribution in [-0.2, 0) is 0 Å². The van der Waals surface area contributed by atoms with Gasteiger partial charge in [0.2, 0.25) is 0 Å². The van der Waals surface area contributed by atoms with Crippen molar-refractivity contribution < 1.29 is 5.11 Å². The summed E-state index contributed by atoms with van der Waals surface area (Å²) < 4.78 is 0. The summed E-state index contributed by atoms with van der Waals surface area (Å²) in [7, 11) is 0. The van der Waals surface area contributed by atoms with Crippen LogP contribution in [0, 0.1) is 5.41 Å². The molecule has 0 radical (unpaired) electrons. The number of hydrogen-bond acceptors (Lipinski definition) is 1. The predicted octanol–water partition coefficient (Wildman–Crippen LogP) is 2.98. The van der Waals surface area contributed by atoms with E-state index in [1.165, 1.54) is 19.3 Å². The maximum atomic E-state index is 8.66. The summed E-state index contributed by atoms with van der Waals surface area (Å²) >= 11 is 0. The summed E-state index contributed by atoms with van der Waals surface area (Å²) in [6.07, 6.45) is 6.00. The molecule has 1 N–H and O–H groups in total. The van der Waals surface area contributed by atoms with Crippen LogP contribution in [0.25, 0.3) is 0 Å². The van der Waals surface area contributed by atoms with Crippen LogP contribution in [0.15, 0.2) is 0 Å². The molecule has 0 saturated heterocycles. The van der Waals surface area contributed by atoms with Crippen LogP contribution in [0.3, 0.4) is 0 Å². The fraction of sp³-hybridized carbons (Fsp3) is 1.00. The van der Waals surface area contributed by atoms with Crippen molar-refractivity contribution in [3.63, 3.8) is 0 Å². The van der Waals surface area contributed by atoms with E-state index in [9.17, 15) is 0 Å². The molecule has 0 aliphatic rings. The molecule has 0 saturated carbocycles. The first-order chi connectivity index (χ1) is 5.12. The predicted molar refractivity (Wildman–Crippen MR) is 49.6 cm³/mol. The average Bonchev–Trinajstić information content (AvgIpc) is 1.97. The van der Waals surface area contributed by atoms with E-state index in [0.717, 1.165) is 12.8 Å². The molecule has 1 heteroatoms. The molecule has 0 atom stereocenters. The van der Waals surface area contributed by atoms with Crippen LogP contribution >= 0.6 is 0 Å². The molecule has 0 heterocycles. The van der Waals surface area contributed by atoms with Gasteiger partial charge in [0.15, 0.2) is 0 Å². The third kappa shape index (κ3) is 6.36. The van der Waals surface area contributed by atoms with E-state index in [0.29, 0.717) is 12.0 Å². The van der Waals surface area contributed by atoms with E-state index in [4.69, 9.17) is 5.11 Å². The van der Waals surface area contributed by atoms with Crippen molar-refractivity contribution >= 4 is 0 Å². The Hall–Kier alpha value is -0.0400. The molecule has 0 aromatic rings. The van der Waals surface area contributed by atoms with Gasteiger partial charge in [-0.2, -0.15) is 0 Å². The van der Waals surface area contributed by atoms with Gasteiger partial charge in [-0.1, -0.05) is 33.6 Å². The molecule has 68 valence electrons. The van der Waals surface area contributed by atoms with Crippen molar-refractivity contribution in [2.75, 3.05) is 6.61 Å². The van der Waals surface area contributed by atoms with Gasteiger partial charge < -0.3 is 5.11 Å². The van der Waals surface area contributed by atoms with Crippen LogP contribution in [0.2, 0.25) is 0 Å². The molecule has 0 fully saturated rings. The molecular weight excluding hydrogens is 136 g/mol. The van der Waals surface area contributed by atoms with Gasteiger partial charge >= 0.3 is 0 Å². The van der Waals surface area contributed by atoms with E-state index >= 15 is 0 Å². The maximum Gasteiger partial charge on any atom is 0.0431 e. The van der Waals surface area contributed by atoms with Crippen molar-refractivity contribution in [2.45, 2.75) is 52.9 Å². The second-order valence-corrected chi connectivity index (χ2v) is 4.09. The molecule has 1 nitrogen and oxygen atoms in total. The fourth-order valence-electron chi connectivity index (χ4n) is 1.34. The highest BCUT2D eigenvalue weighted by Crippen LogP contribution is 2.28. The van der Waals surface area contributed by atoms with Gasteiger partial charge in [-0.25, -0.2) is 0 Å². The zero-order valence-corrected chi connectivity index (χ0v) is 8.19. The van der Waals surface area contributed by atoms with Crippen molar-refractivity contribution in [2.24, 2.45) is 5.41 Å². The summed E-state index contributed by atoms with van der Waals surface area (Å²) in [5.41, 5.74) is 0.443. The molecule has 0 amide bonds. The Labute approximate surface area is 70.8 Å². The third-order valence-corrected chi connectivity index (χ3v) is 2.22. The normalized spacial score (nSPS) is 12.0. The van der Waals surface area contributed by atoms with Gasteiger partial charge in [0.1, 0.15) is 0 Å². The van der Waals surface area contributed by atoms with E-state index in [-0.39, 0.29) is 0 Å². The average molecular weight is 158 g/mol. The van der Waals surface area contributed by atoms with Gasteiger partial charge in [-0.15, -0.1) is 0 Å². The lowest BCUT2D eigenvalue weighted by molar-refractivity contribution is 0.229. The van der Waals surface area contributed by atoms with Crippen LogP contribution < -0.4 is 0 Å². The van der Waals surface area contributed by atoms with Crippen LogP contribution in [0.1, 0.15) is 52.9 Å². The Kier molecular flexibility index (Phi) is 5.57. The third-order valence-electron chi connectivity index (χ3n) is 2.22. The first-order valence-electron chi connectivity index (χ1n) is 4.73. The van der Waals surface area contributed by atoms with Gasteiger partial charge in [0, 0.05) is 6.61 Å². The van der Waals surface area contributed by atoms with Crippen LogP contribution in [-0.4, -0.2) is 11.7 Å². The largest absolute Gasteiger partial charge is 0.396 e. The van der Waals surface area contributed by atoms with Crippen molar-refractivity contribution in [1.29, 1.82) is 0 Å². The number of rotatable bonds is 6. The van der Waals surface area contributed by atoms with Gasteiger partial charge in [0.05, 0.1) is 0 Å². The number of aliphatic hydroxyl groups is 1. The molecule has 0 aromatic carbocycles. The first kappa shape index (κ1) is 11.0. The van der Waals surface area contributed by atoms with E-state index in [2.05, 4.69) is 20.8 Å². The van der Waals surface area contributed by atoms with Crippen molar-refractivity contribution in [3.05, 3.63) is 0 Å². The molecule has 0 unspecified atom stereocenters. The Morgan fingerprint density at radius 1 is 1.09 bits per heavy atom. The lowest BCUT2D eigenvalue weighted by atomic mass is 9.83. The van der Waals surface area contributed by atoms with Gasteiger partial charge in [-0.3, -0.25) is 0 Å². The molecule has 11 heavy (non-hydrogen) atoms. The first-order valence-corrected chi connectivity index (χ1v) is 4.73. The Balaban J connectivity index is 3.43. The Morgan fingerprint density at radius 2 is 1.64 bits per heavy atom. The Morgan fingerprint density at radius 3 is 2.09 bits per heavy atom. The Bertz CT molecular complexity index is 76.9. The minimum absolute atomic E-state index is 0.343. The smallest absolute Gasteiger partial charge is 0.0431 e. The molecule has 0 aliphatic heterocycles. The number of hydrogen-bond donors (Lipinski definition) is 1. The molecular formula is C10H22O. The number of unbranched alkanes of at least 4 members (excludes halogenated alkanes) is 1. The zero-order valence-electron chi connectivity index (χ0n) is 8.19. The minimum atomic E-state index is 0.343. The van der Waals surface area contributed by atoms with Gasteiger partial charge in [-0.05, 0) is 24.7 Å². The fourth-order valence-corrected chi connectivity index (χ4v) is 1.34. The summed E-state index contributed by atoms with van der Waals surface area (Å²) in [4.78, 5) is 0. The van der Waals surface area contributed by atoms with Crippen molar-refractivity contribution in [3.8, 4) is 0 Å². The molecule has 0 rings (SSSR count). The number of aliphatic hydroxyl groups excluding tert-OH is 1. The standard InChI is InChI=1S/C10H22O/c1-4-5-7-10(2,3)8-6-9-11/h11H,4-9H2,1-3H3. The zero-order chi connectivity index (χ0) is 8.74. The van der Waals surface area contributed by atoms with E-state index in [1.54, 1.807) is 0 Å². The molecule has 0 aromatic heterocycles. The summed E-state index contributed by atoms with van der Waals surface area (Å²) in [6.45, 7) is 7.15. The minimum Gasteiger partial charge on any atom is -0.396 e. The van der Waals surface area contributed by atoms with Crippen LogP contribution in [0.4, 0.5) is 0 Å². The highest BCUT2D eigenvalue weighted by Gasteiger charge is 2.15. The van der Waals surface area contributed by atoms with E-state index in [1.807, 2.05) is 0 Å². The lowest BCUT2D eigenvalue weighted by Gasteiger charge is -2.23. The second kappa shape index (κ2) is 5.59. The quantitative estimate of drug-likeness (QED) is 0.630. The maximum absolute atomic E-state index is 8.66. The van der Waals surface area contributed by atoms with Gasteiger partial charge in [0.25, 0.3) is 0 Å². The van der Waals surface area contributed by atoms with Crippen LogP contribution in [0.5, 0.6) is 0 Å². The summed E-state index contributed by atoms with van der Waals surface area (Å²) in [5.74, 6) is 0.